The molecule has 6 nitrogen and oxygen atoms in total. The standard InChI is InChI=1S/C23H31N3O3S/c1-15-8-3-5-11-19(15)24-21(27)16(2)30-23-25-20-12-6-4-10-18(20)22(28)26(23)14-17-9-7-13-29-17/h4,6,10,12,15-17,19H,3,5,7-9,11,13-14H2,1-2H3,(H,24,27). The van der Waals surface area contributed by atoms with Gasteiger partial charge in [-0.25, -0.2) is 4.98 Å². The molecule has 1 saturated heterocycles. The molecule has 1 saturated carbocycles. The molecule has 2 heterocycles. The number of para-hydroxylation sites is 1. The van der Waals surface area contributed by atoms with Crippen molar-refractivity contribution in [2.75, 3.05) is 6.61 Å². The smallest absolute Gasteiger partial charge is 0.262 e. The summed E-state index contributed by atoms with van der Waals surface area (Å²) in [6.45, 7) is 5.33. The number of nitrogens with one attached hydrogen (secondary N) is 1. The molecule has 4 atom stereocenters. The average Bonchev–Trinajstić information content (AvgIpc) is 3.26. The van der Waals surface area contributed by atoms with Crippen LogP contribution in [0.2, 0.25) is 0 Å². The second-order valence-corrected chi connectivity index (χ2v) is 9.91. The number of thioether (sulfide) groups is 1. The molecule has 0 radical (unpaired) electrons. The lowest BCUT2D eigenvalue weighted by molar-refractivity contribution is -0.121. The summed E-state index contributed by atoms with van der Waals surface area (Å²) in [6.07, 6.45) is 6.61. The van der Waals surface area contributed by atoms with Crippen molar-refractivity contribution in [1.82, 2.24) is 14.9 Å². The molecular weight excluding hydrogens is 398 g/mol. The number of aromatic nitrogens is 2. The Kier molecular flexibility index (Phi) is 6.78. The molecule has 2 aromatic rings. The van der Waals surface area contributed by atoms with Crippen LogP contribution in [0, 0.1) is 5.92 Å². The predicted molar refractivity (Wildman–Crippen MR) is 120 cm³/mol. The molecule has 4 rings (SSSR count). The van der Waals surface area contributed by atoms with Crippen LogP contribution in [0.4, 0.5) is 0 Å². The Morgan fingerprint density at radius 2 is 2.07 bits per heavy atom. The number of rotatable bonds is 6. The third kappa shape index (κ3) is 4.72. The number of amides is 1. The fraction of sp³-hybridized carbons (Fsp3) is 0.609. The Morgan fingerprint density at radius 3 is 2.83 bits per heavy atom. The number of carbonyl (C=O) groups is 1. The van der Waals surface area contributed by atoms with Gasteiger partial charge in [-0.3, -0.25) is 14.2 Å². The summed E-state index contributed by atoms with van der Waals surface area (Å²) in [5, 5.41) is 4.10. The lowest BCUT2D eigenvalue weighted by atomic mass is 9.86. The van der Waals surface area contributed by atoms with Gasteiger partial charge in [-0.2, -0.15) is 0 Å². The Labute approximate surface area is 181 Å². The maximum absolute atomic E-state index is 13.2. The first kappa shape index (κ1) is 21.4. The summed E-state index contributed by atoms with van der Waals surface area (Å²) in [7, 11) is 0. The summed E-state index contributed by atoms with van der Waals surface area (Å²) in [5.41, 5.74) is 0.606. The van der Waals surface area contributed by atoms with Crippen molar-refractivity contribution >= 4 is 28.6 Å². The first-order valence-electron chi connectivity index (χ1n) is 11.1. The van der Waals surface area contributed by atoms with Crippen LogP contribution in [-0.2, 0) is 16.1 Å². The Morgan fingerprint density at radius 1 is 1.27 bits per heavy atom. The van der Waals surface area contributed by atoms with E-state index in [1.54, 1.807) is 4.57 Å². The quantitative estimate of drug-likeness (QED) is 0.559. The van der Waals surface area contributed by atoms with Crippen molar-refractivity contribution in [2.45, 2.75) is 81.5 Å². The number of carbonyl (C=O) groups excluding carboxylic acids is 1. The van der Waals surface area contributed by atoms with Crippen molar-refractivity contribution in [2.24, 2.45) is 5.92 Å². The van der Waals surface area contributed by atoms with Crippen LogP contribution in [0.25, 0.3) is 10.9 Å². The van der Waals surface area contributed by atoms with E-state index in [0.717, 1.165) is 25.9 Å². The normalized spacial score (nSPS) is 25.3. The number of nitrogens with zero attached hydrogens (tertiary/aromatic N) is 2. The number of hydrogen-bond acceptors (Lipinski definition) is 5. The zero-order valence-electron chi connectivity index (χ0n) is 17.8. The largest absolute Gasteiger partial charge is 0.376 e. The second-order valence-electron chi connectivity index (χ2n) is 8.60. The predicted octanol–water partition coefficient (Wildman–Crippen LogP) is 3.75. The molecule has 1 aromatic carbocycles. The summed E-state index contributed by atoms with van der Waals surface area (Å²) in [6, 6.07) is 7.65. The van der Waals surface area contributed by atoms with Gasteiger partial charge in [0.05, 0.1) is 28.8 Å². The molecule has 2 fully saturated rings. The average molecular weight is 430 g/mol. The minimum absolute atomic E-state index is 0.0184. The van der Waals surface area contributed by atoms with E-state index in [2.05, 4.69) is 12.2 Å². The van der Waals surface area contributed by atoms with Gasteiger partial charge in [0.2, 0.25) is 5.91 Å². The molecule has 0 spiro atoms. The van der Waals surface area contributed by atoms with Gasteiger partial charge in [0.25, 0.3) is 5.56 Å². The van der Waals surface area contributed by atoms with Gasteiger partial charge in [0.15, 0.2) is 5.16 Å². The zero-order chi connectivity index (χ0) is 21.1. The van der Waals surface area contributed by atoms with Crippen molar-refractivity contribution in [3.05, 3.63) is 34.6 Å². The minimum atomic E-state index is -0.331. The van der Waals surface area contributed by atoms with Crippen LogP contribution < -0.4 is 10.9 Å². The van der Waals surface area contributed by atoms with Crippen molar-refractivity contribution in [1.29, 1.82) is 0 Å². The van der Waals surface area contributed by atoms with Gasteiger partial charge < -0.3 is 10.1 Å². The zero-order valence-corrected chi connectivity index (χ0v) is 18.6. The van der Waals surface area contributed by atoms with E-state index in [0.29, 0.717) is 28.5 Å². The molecule has 162 valence electrons. The van der Waals surface area contributed by atoms with E-state index in [4.69, 9.17) is 9.72 Å². The summed E-state index contributed by atoms with van der Waals surface area (Å²) in [5.74, 6) is 0.529. The van der Waals surface area contributed by atoms with Crippen LogP contribution in [0.1, 0.15) is 52.4 Å². The Balaban J connectivity index is 1.56. The van der Waals surface area contributed by atoms with E-state index in [-0.39, 0.29) is 28.9 Å². The lowest BCUT2D eigenvalue weighted by Crippen LogP contribution is -2.44. The molecule has 30 heavy (non-hydrogen) atoms. The van der Waals surface area contributed by atoms with E-state index < -0.39 is 0 Å². The highest BCUT2D eigenvalue weighted by atomic mass is 32.2. The Bertz CT molecular complexity index is 954. The number of ether oxygens (including phenoxy) is 1. The molecule has 1 aliphatic heterocycles. The third-order valence-corrected chi connectivity index (χ3v) is 7.42. The van der Waals surface area contributed by atoms with Crippen LogP contribution in [-0.4, -0.2) is 39.5 Å². The fourth-order valence-electron chi connectivity index (χ4n) is 4.43. The van der Waals surface area contributed by atoms with Crippen molar-refractivity contribution < 1.29 is 9.53 Å². The molecule has 1 aromatic heterocycles. The molecule has 7 heteroatoms. The summed E-state index contributed by atoms with van der Waals surface area (Å²) >= 11 is 1.36. The second kappa shape index (κ2) is 9.52. The van der Waals surface area contributed by atoms with Crippen LogP contribution in [0.5, 0.6) is 0 Å². The van der Waals surface area contributed by atoms with Crippen LogP contribution in [0.3, 0.4) is 0 Å². The first-order chi connectivity index (χ1) is 14.5. The number of fused-ring (bicyclic) bond motifs is 1. The van der Waals surface area contributed by atoms with Gasteiger partial charge in [0, 0.05) is 12.6 Å². The SMILES string of the molecule is CC(Sc1nc2ccccc2c(=O)n1CC1CCCO1)C(=O)NC1CCCCC1C. The van der Waals surface area contributed by atoms with E-state index in [1.165, 1.54) is 31.0 Å². The topological polar surface area (TPSA) is 73.2 Å². The van der Waals surface area contributed by atoms with E-state index >= 15 is 0 Å². The third-order valence-electron chi connectivity index (χ3n) is 6.33. The van der Waals surface area contributed by atoms with Gasteiger partial charge in [-0.1, -0.05) is 43.7 Å². The molecule has 4 unspecified atom stereocenters. The Hall–Kier alpha value is -1.86. The van der Waals surface area contributed by atoms with Crippen molar-refractivity contribution in [3.8, 4) is 0 Å². The highest BCUT2D eigenvalue weighted by Gasteiger charge is 2.27. The minimum Gasteiger partial charge on any atom is -0.376 e. The fourth-order valence-corrected chi connectivity index (χ4v) is 5.36. The molecular formula is C23H31N3O3S. The van der Waals surface area contributed by atoms with Gasteiger partial charge in [-0.15, -0.1) is 0 Å². The molecule has 2 aliphatic rings. The van der Waals surface area contributed by atoms with Gasteiger partial charge >= 0.3 is 0 Å². The maximum Gasteiger partial charge on any atom is 0.262 e. The summed E-state index contributed by atoms with van der Waals surface area (Å²) in [4.78, 5) is 30.8. The summed E-state index contributed by atoms with van der Waals surface area (Å²) < 4.78 is 7.47. The highest BCUT2D eigenvalue weighted by molar-refractivity contribution is 8.00. The van der Waals surface area contributed by atoms with E-state index in [9.17, 15) is 9.59 Å². The first-order valence-corrected chi connectivity index (χ1v) is 12.0. The lowest BCUT2D eigenvalue weighted by Gasteiger charge is -2.30. The van der Waals surface area contributed by atoms with Gasteiger partial charge in [-0.05, 0) is 50.7 Å². The highest BCUT2D eigenvalue weighted by Crippen LogP contribution is 2.27. The molecule has 1 aliphatic carbocycles. The maximum atomic E-state index is 13.2. The monoisotopic (exact) mass is 429 g/mol. The van der Waals surface area contributed by atoms with Crippen molar-refractivity contribution in [3.63, 3.8) is 0 Å². The number of benzene rings is 1. The molecule has 0 bridgehead atoms. The van der Waals surface area contributed by atoms with Gasteiger partial charge in [0.1, 0.15) is 0 Å². The van der Waals surface area contributed by atoms with Crippen LogP contribution in [0.15, 0.2) is 34.2 Å². The molecule has 1 amide bonds. The molecule has 1 N–H and O–H groups in total. The van der Waals surface area contributed by atoms with Crippen LogP contribution >= 0.6 is 11.8 Å². The van der Waals surface area contributed by atoms with E-state index in [1.807, 2.05) is 31.2 Å². The number of hydrogen-bond donors (Lipinski definition) is 1.